The minimum atomic E-state index is 0.180. The summed E-state index contributed by atoms with van der Waals surface area (Å²) in [5.41, 5.74) is 0. The van der Waals surface area contributed by atoms with Gasteiger partial charge in [-0.15, -0.1) is 11.8 Å². The van der Waals surface area contributed by atoms with Crippen molar-refractivity contribution < 1.29 is 5.11 Å². The Morgan fingerprint density at radius 3 is 2.53 bits per heavy atom. The molecule has 0 radical (unpaired) electrons. The van der Waals surface area contributed by atoms with E-state index < -0.39 is 0 Å². The Bertz CT molecular complexity index is 279. The maximum atomic E-state index is 9.24. The summed E-state index contributed by atoms with van der Waals surface area (Å²) in [7, 11) is 0. The van der Waals surface area contributed by atoms with Gasteiger partial charge in [0, 0.05) is 23.7 Å². The zero-order valence-corrected chi connectivity index (χ0v) is 11.5. The number of hydrogen-bond donors (Lipinski definition) is 1. The van der Waals surface area contributed by atoms with Crippen molar-refractivity contribution in [2.24, 2.45) is 0 Å². The van der Waals surface area contributed by atoms with Crippen LogP contribution in [0.5, 0.6) is 0 Å². The van der Waals surface area contributed by atoms with Crippen molar-refractivity contribution in [1.29, 1.82) is 0 Å². The second kappa shape index (κ2) is 9.51. The summed E-state index contributed by atoms with van der Waals surface area (Å²) in [6.45, 7) is 4.35. The smallest absolute Gasteiger partial charge is 0.0956 e. The third-order valence-electron chi connectivity index (χ3n) is 2.70. The highest BCUT2D eigenvalue weighted by molar-refractivity contribution is 7.99. The van der Waals surface area contributed by atoms with E-state index >= 15 is 0 Å². The Morgan fingerprint density at radius 1 is 1.12 bits per heavy atom. The Kier molecular flexibility index (Phi) is 8.14. The van der Waals surface area contributed by atoms with Crippen LogP contribution in [-0.4, -0.2) is 35.6 Å². The number of aliphatic hydroxyl groups is 1. The van der Waals surface area contributed by atoms with Crippen LogP contribution in [-0.2, 0) is 0 Å². The van der Waals surface area contributed by atoms with Gasteiger partial charge in [-0.3, -0.25) is 4.90 Å². The topological polar surface area (TPSA) is 23.5 Å². The highest BCUT2D eigenvalue weighted by Gasteiger charge is 2.02. The molecule has 0 aromatic heterocycles. The summed E-state index contributed by atoms with van der Waals surface area (Å²) in [5, 5.41) is 9.24. The lowest BCUT2D eigenvalue weighted by molar-refractivity contribution is 0.112. The normalized spacial score (nSPS) is 11.0. The highest BCUT2D eigenvalue weighted by Crippen LogP contribution is 2.16. The molecule has 0 saturated heterocycles. The molecule has 0 atom stereocenters. The number of thioether (sulfide) groups is 1. The first-order valence-corrected chi connectivity index (χ1v) is 7.36. The first kappa shape index (κ1) is 14.6. The molecule has 2 nitrogen and oxygen atoms in total. The van der Waals surface area contributed by atoms with E-state index in [1.54, 1.807) is 0 Å². The molecule has 0 aliphatic heterocycles. The van der Waals surface area contributed by atoms with Crippen LogP contribution in [0.3, 0.4) is 0 Å². The number of nitrogens with zero attached hydrogens (tertiary/aromatic N) is 1. The van der Waals surface area contributed by atoms with Gasteiger partial charge in [-0.2, -0.15) is 0 Å². The molecule has 1 aromatic rings. The van der Waals surface area contributed by atoms with Gasteiger partial charge in [0.25, 0.3) is 0 Å². The van der Waals surface area contributed by atoms with Crippen LogP contribution in [0.1, 0.15) is 26.2 Å². The van der Waals surface area contributed by atoms with Crippen molar-refractivity contribution in [2.75, 3.05) is 25.6 Å². The molecule has 0 aliphatic carbocycles. The lowest BCUT2D eigenvalue weighted by atomic mass is 10.2. The van der Waals surface area contributed by atoms with Crippen LogP contribution in [0.2, 0.25) is 0 Å². The number of unbranched alkanes of at least 4 members (excludes halogenated alkanes) is 2. The lowest BCUT2D eigenvalue weighted by Crippen LogP contribution is -2.28. The predicted molar refractivity (Wildman–Crippen MR) is 75.3 cm³/mol. The fraction of sp³-hybridized carbons (Fsp3) is 0.571. The Balaban J connectivity index is 2.15. The lowest BCUT2D eigenvalue weighted by Gasteiger charge is -2.18. The quantitative estimate of drug-likeness (QED) is 0.415. The second-order valence-corrected chi connectivity index (χ2v) is 5.30. The van der Waals surface area contributed by atoms with Gasteiger partial charge >= 0.3 is 0 Å². The molecule has 0 bridgehead atoms. The van der Waals surface area contributed by atoms with Crippen LogP contribution < -0.4 is 0 Å². The fourth-order valence-electron chi connectivity index (χ4n) is 1.65. The first-order valence-electron chi connectivity index (χ1n) is 6.38. The van der Waals surface area contributed by atoms with Crippen LogP contribution in [0.4, 0.5) is 0 Å². The summed E-state index contributed by atoms with van der Waals surface area (Å²) in [6, 6.07) is 10.4. The maximum Gasteiger partial charge on any atom is 0.0956 e. The van der Waals surface area contributed by atoms with Crippen molar-refractivity contribution in [1.82, 2.24) is 4.90 Å². The number of rotatable bonds is 9. The average Bonchev–Trinajstić information content (AvgIpc) is 2.38. The monoisotopic (exact) mass is 253 g/mol. The molecule has 0 saturated carbocycles. The van der Waals surface area contributed by atoms with Crippen LogP contribution >= 0.6 is 11.8 Å². The van der Waals surface area contributed by atoms with Crippen LogP contribution in [0.15, 0.2) is 35.2 Å². The van der Waals surface area contributed by atoms with E-state index in [1.165, 1.54) is 24.2 Å². The van der Waals surface area contributed by atoms with Gasteiger partial charge < -0.3 is 5.11 Å². The standard InChI is InChI=1S/C14H23NOS/c1-2-3-7-10-15(13-16)11-12-17-14-8-5-4-6-9-14/h4-6,8-9,16H,2-3,7,10-13H2,1H3. The van der Waals surface area contributed by atoms with Gasteiger partial charge in [-0.05, 0) is 18.6 Å². The summed E-state index contributed by atoms with van der Waals surface area (Å²) in [5.74, 6) is 1.04. The molecule has 0 spiro atoms. The fourth-order valence-corrected chi connectivity index (χ4v) is 2.58. The van der Waals surface area contributed by atoms with Gasteiger partial charge in [0.2, 0.25) is 0 Å². The molecule has 1 aromatic carbocycles. The van der Waals surface area contributed by atoms with E-state index in [9.17, 15) is 5.11 Å². The largest absolute Gasteiger partial charge is 0.381 e. The van der Waals surface area contributed by atoms with Gasteiger partial charge in [0.15, 0.2) is 0 Å². The first-order chi connectivity index (χ1) is 8.36. The molecule has 0 fully saturated rings. The van der Waals surface area contributed by atoms with E-state index in [-0.39, 0.29) is 6.73 Å². The maximum absolute atomic E-state index is 9.24. The summed E-state index contributed by atoms with van der Waals surface area (Å²) < 4.78 is 0. The number of hydrogen-bond acceptors (Lipinski definition) is 3. The summed E-state index contributed by atoms with van der Waals surface area (Å²) in [4.78, 5) is 3.42. The van der Waals surface area contributed by atoms with E-state index in [2.05, 4.69) is 36.1 Å². The van der Waals surface area contributed by atoms with Gasteiger partial charge in [0.05, 0.1) is 6.73 Å². The average molecular weight is 253 g/mol. The molecule has 0 unspecified atom stereocenters. The summed E-state index contributed by atoms with van der Waals surface area (Å²) in [6.07, 6.45) is 3.67. The van der Waals surface area contributed by atoms with E-state index in [4.69, 9.17) is 0 Å². The zero-order valence-electron chi connectivity index (χ0n) is 10.6. The van der Waals surface area contributed by atoms with Gasteiger partial charge in [0.1, 0.15) is 0 Å². The van der Waals surface area contributed by atoms with Crippen molar-refractivity contribution >= 4 is 11.8 Å². The predicted octanol–water partition coefficient (Wildman–Crippen LogP) is 3.22. The molecular formula is C14H23NOS. The third kappa shape index (κ3) is 6.71. The molecular weight excluding hydrogens is 230 g/mol. The van der Waals surface area contributed by atoms with Crippen molar-refractivity contribution in [3.05, 3.63) is 30.3 Å². The van der Waals surface area contributed by atoms with Crippen molar-refractivity contribution in [2.45, 2.75) is 31.1 Å². The molecule has 0 aliphatic rings. The third-order valence-corrected chi connectivity index (χ3v) is 3.69. The van der Waals surface area contributed by atoms with Crippen LogP contribution in [0.25, 0.3) is 0 Å². The molecule has 17 heavy (non-hydrogen) atoms. The minimum Gasteiger partial charge on any atom is -0.381 e. The van der Waals surface area contributed by atoms with Gasteiger partial charge in [-0.25, -0.2) is 0 Å². The Morgan fingerprint density at radius 2 is 1.88 bits per heavy atom. The van der Waals surface area contributed by atoms with E-state index in [0.29, 0.717) is 0 Å². The Labute approximate surface area is 109 Å². The minimum absolute atomic E-state index is 0.180. The molecule has 0 heterocycles. The van der Waals surface area contributed by atoms with E-state index in [1.807, 2.05) is 17.8 Å². The molecule has 96 valence electrons. The second-order valence-electron chi connectivity index (χ2n) is 4.13. The Hall–Kier alpha value is -0.510. The van der Waals surface area contributed by atoms with Crippen molar-refractivity contribution in [3.8, 4) is 0 Å². The molecule has 1 rings (SSSR count). The number of aliphatic hydroxyl groups excluding tert-OH is 1. The highest BCUT2D eigenvalue weighted by atomic mass is 32.2. The molecule has 1 N–H and O–H groups in total. The van der Waals surface area contributed by atoms with Crippen molar-refractivity contribution in [3.63, 3.8) is 0 Å². The molecule has 0 amide bonds. The SMILES string of the molecule is CCCCCN(CO)CCSc1ccccc1. The number of benzene rings is 1. The van der Waals surface area contributed by atoms with Crippen LogP contribution in [0, 0.1) is 0 Å². The van der Waals surface area contributed by atoms with Gasteiger partial charge in [-0.1, -0.05) is 38.0 Å². The zero-order chi connectivity index (χ0) is 12.3. The summed E-state index contributed by atoms with van der Waals surface area (Å²) >= 11 is 1.85. The molecule has 3 heteroatoms. The van der Waals surface area contributed by atoms with E-state index in [0.717, 1.165) is 18.8 Å².